The van der Waals surface area contributed by atoms with Gasteiger partial charge in [-0.15, -0.1) is 0 Å². The zero-order valence-corrected chi connectivity index (χ0v) is 9.80. The van der Waals surface area contributed by atoms with Gasteiger partial charge in [0.05, 0.1) is 6.61 Å². The molecule has 19 heavy (non-hydrogen) atoms. The molecule has 1 aromatic heterocycles. The lowest BCUT2D eigenvalue weighted by Gasteiger charge is -2.23. The lowest BCUT2D eigenvalue weighted by atomic mass is 10.4. The standard InChI is InChI=1S/C10H12F3N3O3/c11-10(12,13)7-16(4-5-17)8(18)6-15-3-1-2-14-9(15)19/h1-3,17H,4-7H2. The van der Waals surface area contributed by atoms with Gasteiger partial charge < -0.3 is 10.0 Å². The van der Waals surface area contributed by atoms with Crippen LogP contribution in [0.4, 0.5) is 13.2 Å². The maximum Gasteiger partial charge on any atom is 0.406 e. The third-order valence-corrected chi connectivity index (χ3v) is 2.18. The summed E-state index contributed by atoms with van der Waals surface area (Å²) in [4.78, 5) is 26.7. The van der Waals surface area contributed by atoms with Crippen LogP contribution < -0.4 is 5.69 Å². The van der Waals surface area contributed by atoms with E-state index in [0.717, 1.165) is 4.57 Å². The van der Waals surface area contributed by atoms with E-state index in [1.807, 2.05) is 0 Å². The van der Waals surface area contributed by atoms with Crippen molar-refractivity contribution >= 4 is 5.91 Å². The van der Waals surface area contributed by atoms with E-state index in [0.29, 0.717) is 4.90 Å². The monoisotopic (exact) mass is 279 g/mol. The molecule has 1 amide bonds. The molecule has 0 unspecified atom stereocenters. The molecule has 0 aliphatic rings. The summed E-state index contributed by atoms with van der Waals surface area (Å²) in [7, 11) is 0. The van der Waals surface area contributed by atoms with E-state index in [9.17, 15) is 22.8 Å². The predicted molar refractivity (Wildman–Crippen MR) is 58.2 cm³/mol. The van der Waals surface area contributed by atoms with Gasteiger partial charge in [0, 0.05) is 18.9 Å². The molecule has 0 spiro atoms. The van der Waals surface area contributed by atoms with Crippen molar-refractivity contribution in [3.63, 3.8) is 0 Å². The summed E-state index contributed by atoms with van der Waals surface area (Å²) in [6.07, 6.45) is -2.10. The van der Waals surface area contributed by atoms with Gasteiger partial charge in [-0.05, 0) is 6.07 Å². The van der Waals surface area contributed by atoms with Gasteiger partial charge in [0.15, 0.2) is 0 Å². The Kier molecular flexibility index (Phi) is 5.04. The van der Waals surface area contributed by atoms with Gasteiger partial charge in [0.2, 0.25) is 5.91 Å². The van der Waals surface area contributed by atoms with Crippen LogP contribution in [0, 0.1) is 0 Å². The van der Waals surface area contributed by atoms with Crippen molar-refractivity contribution < 1.29 is 23.1 Å². The van der Waals surface area contributed by atoms with Crippen molar-refractivity contribution in [1.29, 1.82) is 0 Å². The first kappa shape index (κ1) is 15.2. The first-order valence-corrected chi connectivity index (χ1v) is 5.30. The average Bonchev–Trinajstić information content (AvgIpc) is 2.30. The third-order valence-electron chi connectivity index (χ3n) is 2.18. The summed E-state index contributed by atoms with van der Waals surface area (Å²) < 4.78 is 37.6. The predicted octanol–water partition coefficient (Wildman–Crippen LogP) is -0.373. The van der Waals surface area contributed by atoms with Crippen LogP contribution in [0.3, 0.4) is 0 Å². The Morgan fingerprint density at radius 3 is 2.68 bits per heavy atom. The molecule has 1 N–H and O–H groups in total. The number of rotatable bonds is 5. The lowest BCUT2D eigenvalue weighted by molar-refractivity contribution is -0.162. The van der Waals surface area contributed by atoms with Crippen LogP contribution in [-0.2, 0) is 11.3 Å². The number of carbonyl (C=O) groups is 1. The highest BCUT2D eigenvalue weighted by Gasteiger charge is 2.32. The van der Waals surface area contributed by atoms with Crippen molar-refractivity contribution in [1.82, 2.24) is 14.5 Å². The van der Waals surface area contributed by atoms with E-state index in [-0.39, 0.29) is 0 Å². The molecule has 1 rings (SSSR count). The summed E-state index contributed by atoms with van der Waals surface area (Å²) in [5.41, 5.74) is -0.730. The second-order valence-electron chi connectivity index (χ2n) is 3.68. The summed E-state index contributed by atoms with van der Waals surface area (Å²) in [6, 6.07) is 1.38. The number of nitrogens with zero attached hydrogens (tertiary/aromatic N) is 3. The molecule has 6 nitrogen and oxygen atoms in total. The number of aliphatic hydroxyl groups excluding tert-OH is 1. The summed E-state index contributed by atoms with van der Waals surface area (Å²) in [5, 5.41) is 8.66. The SMILES string of the molecule is O=C(Cn1cccnc1=O)N(CCO)CC(F)(F)F. The van der Waals surface area contributed by atoms with Gasteiger partial charge in [-0.25, -0.2) is 9.78 Å². The molecule has 0 aliphatic carbocycles. The highest BCUT2D eigenvalue weighted by molar-refractivity contribution is 5.76. The highest BCUT2D eigenvalue weighted by atomic mass is 19.4. The van der Waals surface area contributed by atoms with E-state index >= 15 is 0 Å². The number of carbonyl (C=O) groups excluding carboxylic acids is 1. The Morgan fingerprint density at radius 2 is 2.16 bits per heavy atom. The lowest BCUT2D eigenvalue weighted by Crippen LogP contribution is -2.43. The smallest absolute Gasteiger partial charge is 0.395 e. The molecular formula is C10H12F3N3O3. The fraction of sp³-hybridized carbons (Fsp3) is 0.500. The number of aromatic nitrogens is 2. The maximum atomic E-state index is 12.3. The number of halogens is 3. The second-order valence-corrected chi connectivity index (χ2v) is 3.68. The van der Waals surface area contributed by atoms with Gasteiger partial charge in [0.1, 0.15) is 13.1 Å². The first-order valence-electron chi connectivity index (χ1n) is 5.30. The average molecular weight is 279 g/mol. The fourth-order valence-corrected chi connectivity index (χ4v) is 1.38. The van der Waals surface area contributed by atoms with E-state index < -0.39 is 44.0 Å². The normalized spacial score (nSPS) is 11.4. The third kappa shape index (κ3) is 5.08. The van der Waals surface area contributed by atoms with Crippen LogP contribution in [0.5, 0.6) is 0 Å². The Labute approximate surface area is 106 Å². The summed E-state index contributed by atoms with van der Waals surface area (Å²) in [5.74, 6) is -0.915. The summed E-state index contributed by atoms with van der Waals surface area (Å²) >= 11 is 0. The van der Waals surface area contributed by atoms with Crippen molar-refractivity contribution in [2.75, 3.05) is 19.7 Å². The minimum Gasteiger partial charge on any atom is -0.395 e. The Hall–Kier alpha value is -1.90. The van der Waals surface area contributed by atoms with Gasteiger partial charge in [0.25, 0.3) is 0 Å². The molecule has 0 fully saturated rings. The molecular weight excluding hydrogens is 267 g/mol. The maximum absolute atomic E-state index is 12.3. The van der Waals surface area contributed by atoms with Crippen LogP contribution in [0.2, 0.25) is 0 Å². The van der Waals surface area contributed by atoms with Crippen LogP contribution >= 0.6 is 0 Å². The van der Waals surface area contributed by atoms with Gasteiger partial charge in [-0.3, -0.25) is 9.36 Å². The molecule has 106 valence electrons. The Morgan fingerprint density at radius 1 is 1.47 bits per heavy atom. The molecule has 0 saturated carbocycles. The zero-order valence-electron chi connectivity index (χ0n) is 9.80. The molecule has 0 bridgehead atoms. The van der Waals surface area contributed by atoms with Crippen molar-refractivity contribution in [3.05, 3.63) is 28.9 Å². The number of amides is 1. The largest absolute Gasteiger partial charge is 0.406 e. The fourth-order valence-electron chi connectivity index (χ4n) is 1.38. The van der Waals surface area contributed by atoms with Crippen LogP contribution in [0.1, 0.15) is 0 Å². The Balaban J connectivity index is 2.78. The number of hydrogen-bond donors (Lipinski definition) is 1. The van der Waals surface area contributed by atoms with E-state index in [1.54, 1.807) is 0 Å². The molecule has 0 aromatic carbocycles. The quantitative estimate of drug-likeness (QED) is 0.797. The molecule has 0 aliphatic heterocycles. The van der Waals surface area contributed by atoms with Crippen molar-refractivity contribution in [2.45, 2.75) is 12.7 Å². The van der Waals surface area contributed by atoms with Gasteiger partial charge in [-0.2, -0.15) is 13.2 Å². The second kappa shape index (κ2) is 6.32. The van der Waals surface area contributed by atoms with E-state index in [1.165, 1.54) is 18.5 Å². The zero-order chi connectivity index (χ0) is 14.5. The van der Waals surface area contributed by atoms with Crippen molar-refractivity contribution in [2.24, 2.45) is 0 Å². The number of alkyl halides is 3. The molecule has 0 radical (unpaired) electrons. The van der Waals surface area contributed by atoms with Gasteiger partial charge >= 0.3 is 11.9 Å². The molecule has 1 heterocycles. The van der Waals surface area contributed by atoms with E-state index in [2.05, 4.69) is 4.98 Å². The number of aliphatic hydroxyl groups is 1. The molecule has 1 aromatic rings. The van der Waals surface area contributed by atoms with Gasteiger partial charge in [-0.1, -0.05) is 0 Å². The minimum atomic E-state index is -4.56. The van der Waals surface area contributed by atoms with Crippen LogP contribution in [0.15, 0.2) is 23.3 Å². The minimum absolute atomic E-state index is 0.444. The number of hydrogen-bond acceptors (Lipinski definition) is 4. The Bertz CT molecular complexity index is 487. The van der Waals surface area contributed by atoms with Crippen LogP contribution in [-0.4, -0.2) is 51.3 Å². The first-order chi connectivity index (χ1) is 8.83. The molecule has 9 heteroatoms. The molecule has 0 saturated heterocycles. The van der Waals surface area contributed by atoms with Crippen molar-refractivity contribution in [3.8, 4) is 0 Å². The topological polar surface area (TPSA) is 75.4 Å². The summed E-state index contributed by atoms with van der Waals surface area (Å²) in [6.45, 7) is -3.07. The molecule has 0 atom stereocenters. The van der Waals surface area contributed by atoms with E-state index in [4.69, 9.17) is 5.11 Å². The highest BCUT2D eigenvalue weighted by Crippen LogP contribution is 2.16. The van der Waals surface area contributed by atoms with Crippen LogP contribution in [0.25, 0.3) is 0 Å².